The van der Waals surface area contributed by atoms with Crippen LogP contribution in [0.25, 0.3) is 11.1 Å². The Labute approximate surface area is 696 Å². The first-order valence-electron chi connectivity index (χ1n) is 38.6. The quantitative estimate of drug-likeness (QED) is 0.0210. The minimum absolute atomic E-state index is 0.134. The lowest BCUT2D eigenvalue weighted by atomic mass is 9.80. The van der Waals surface area contributed by atoms with Gasteiger partial charge in [-0.25, -0.2) is 39.9 Å². The van der Waals surface area contributed by atoms with Crippen LogP contribution in [0.15, 0.2) is 133 Å². The van der Waals surface area contributed by atoms with Gasteiger partial charge in [-0.05, 0) is 327 Å². The van der Waals surface area contributed by atoms with Crippen molar-refractivity contribution in [2.24, 2.45) is 41.4 Å². The molecule has 0 unspecified atom stereocenters. The molecule has 2 amide bonds. The average Bonchev–Trinajstić information content (AvgIpc) is 1.63. The molecule has 8 aliphatic rings. The first kappa shape index (κ1) is 87.6. The molecule has 23 nitrogen and oxygen atoms in total. The molecule has 16 N–H and O–H groups in total. The van der Waals surface area contributed by atoms with Gasteiger partial charge in [0.15, 0.2) is 0 Å². The van der Waals surface area contributed by atoms with Crippen LogP contribution in [-0.2, 0) is 49.4 Å². The van der Waals surface area contributed by atoms with Gasteiger partial charge in [-0.2, -0.15) is 0 Å². The van der Waals surface area contributed by atoms with Crippen LogP contribution in [0.5, 0.6) is 0 Å². The summed E-state index contributed by atoms with van der Waals surface area (Å²) in [5, 5.41) is 12.1. The first-order chi connectivity index (χ1) is 53.0. The number of aldehydes is 1. The molecule has 0 aromatic carbocycles. The molecule has 111 heavy (non-hydrogen) atoms. The Morgan fingerprint density at radius 3 is 1.21 bits per heavy atom. The van der Waals surface area contributed by atoms with Crippen LogP contribution < -0.4 is 61.1 Å². The Kier molecular flexibility index (Phi) is 33.6. The molecule has 594 valence electrons. The number of aromatic nitrogens is 8. The van der Waals surface area contributed by atoms with Gasteiger partial charge in [-0.15, -0.1) is 0 Å². The molecule has 7 aliphatic carbocycles. The molecule has 0 radical (unpaired) electrons. The zero-order valence-corrected chi connectivity index (χ0v) is 72.5. The zero-order chi connectivity index (χ0) is 79.8. The van der Waals surface area contributed by atoms with E-state index in [0.29, 0.717) is 52.2 Å². The largest absolute Gasteiger partial charge is 0.495 e. The lowest BCUT2D eigenvalue weighted by Gasteiger charge is -2.32. The van der Waals surface area contributed by atoms with Gasteiger partial charge < -0.3 is 69.8 Å². The van der Waals surface area contributed by atoms with E-state index in [1.807, 2.05) is 58.2 Å². The Bertz CT molecular complexity index is 4290. The number of hydrogen-bond donors (Lipinski definition) is 10. The van der Waals surface area contributed by atoms with E-state index in [4.69, 9.17) is 43.7 Å². The fourth-order valence-corrected chi connectivity index (χ4v) is 13.1. The summed E-state index contributed by atoms with van der Waals surface area (Å²) in [6, 6.07) is 19.4. The van der Waals surface area contributed by atoms with Gasteiger partial charge in [0.25, 0.3) is 0 Å². The van der Waals surface area contributed by atoms with Crippen molar-refractivity contribution < 1.29 is 23.7 Å². The maximum Gasteiger partial charge on any atom is 0.495 e. The summed E-state index contributed by atoms with van der Waals surface area (Å²) in [6.07, 6.45) is 43.1. The van der Waals surface area contributed by atoms with Crippen LogP contribution in [0.2, 0.25) is 0 Å². The van der Waals surface area contributed by atoms with E-state index in [2.05, 4.69) is 165 Å². The van der Waals surface area contributed by atoms with Crippen molar-refractivity contribution in [1.82, 2.24) is 39.9 Å². The van der Waals surface area contributed by atoms with E-state index in [-0.39, 0.29) is 23.0 Å². The smallest absolute Gasteiger partial charge is 0.399 e. The molecule has 0 atom stereocenters. The molecule has 8 fully saturated rings. The van der Waals surface area contributed by atoms with E-state index in [9.17, 15) is 14.4 Å². The summed E-state index contributed by atoms with van der Waals surface area (Å²) in [6.45, 7) is 13.0. The maximum absolute atomic E-state index is 11.1. The Balaban J connectivity index is 0.000000149. The van der Waals surface area contributed by atoms with Crippen LogP contribution in [0, 0.1) is 41.4 Å². The van der Waals surface area contributed by atoms with Crippen LogP contribution in [-0.4, -0.2) is 89.4 Å². The Morgan fingerprint density at radius 2 is 0.802 bits per heavy atom. The number of halogens is 5. The summed E-state index contributed by atoms with van der Waals surface area (Å²) in [7, 11) is -0.444. The van der Waals surface area contributed by atoms with Crippen molar-refractivity contribution in [2.45, 2.75) is 194 Å². The van der Waals surface area contributed by atoms with Gasteiger partial charge in [0.1, 0.15) is 52.8 Å². The number of nitrogens with one attached hydrogen (secondary N) is 4. The van der Waals surface area contributed by atoms with Crippen LogP contribution in [0.4, 0.5) is 57.9 Å². The van der Waals surface area contributed by atoms with Crippen molar-refractivity contribution in [2.75, 3.05) is 68.8 Å². The van der Waals surface area contributed by atoms with Gasteiger partial charge in [0.2, 0.25) is 11.8 Å². The summed E-state index contributed by atoms with van der Waals surface area (Å²) >= 11 is 16.8. The van der Waals surface area contributed by atoms with Crippen molar-refractivity contribution in [3.8, 4) is 11.1 Å². The molecule has 29 heteroatoms. The van der Waals surface area contributed by atoms with Crippen molar-refractivity contribution in [3.05, 3.63) is 155 Å². The van der Waals surface area contributed by atoms with Crippen molar-refractivity contribution >= 4 is 168 Å². The molecule has 8 aromatic heterocycles. The average molecular weight is 1840 g/mol. The predicted octanol–water partition coefficient (Wildman–Crippen LogP) is 17.8. The molecule has 0 spiro atoms. The zero-order valence-electron chi connectivity index (χ0n) is 64.5. The second kappa shape index (κ2) is 42.6. The van der Waals surface area contributed by atoms with E-state index in [1.54, 1.807) is 55.5 Å². The summed E-state index contributed by atoms with van der Waals surface area (Å²) in [5.74, 6) is 11.0. The van der Waals surface area contributed by atoms with Gasteiger partial charge in [-0.1, -0.05) is 51.4 Å². The van der Waals surface area contributed by atoms with E-state index in [0.717, 1.165) is 143 Å². The number of rotatable bonds is 23. The number of aryl methyl sites for hydroxylation is 4. The van der Waals surface area contributed by atoms with Gasteiger partial charge >= 0.3 is 7.12 Å². The number of nitrogens with two attached hydrogens (primary N) is 6. The van der Waals surface area contributed by atoms with E-state index < -0.39 is 7.12 Å². The van der Waals surface area contributed by atoms with E-state index >= 15 is 0 Å². The van der Waals surface area contributed by atoms with Gasteiger partial charge in [0.05, 0.1) is 22.6 Å². The minimum atomic E-state index is -0.444. The number of carbonyl (C=O) groups is 3. The highest BCUT2D eigenvalue weighted by molar-refractivity contribution is 9.11. The number of pyridine rings is 8. The molecule has 8 aromatic rings. The molecule has 9 heterocycles. The number of hydrogen-bond acceptors (Lipinski definition) is 21. The number of nitrogen functional groups attached to an aromatic ring is 6. The molecule has 1 aliphatic heterocycles. The summed E-state index contributed by atoms with van der Waals surface area (Å²) in [4.78, 5) is 65.0. The predicted molar refractivity (Wildman–Crippen MR) is 468 cm³/mol. The van der Waals surface area contributed by atoms with E-state index in [1.165, 1.54) is 140 Å². The third-order valence-corrected chi connectivity index (χ3v) is 22.3. The monoisotopic (exact) mass is 1830 g/mol. The van der Waals surface area contributed by atoms with Crippen LogP contribution >= 0.6 is 79.6 Å². The summed E-state index contributed by atoms with van der Waals surface area (Å²) in [5.41, 5.74) is 42.1. The topological polar surface area (TPSA) is 377 Å². The standard InChI is InChI=1S/C17H20N4O.C14H19BrN2.C13H19BN2O3.2C10H13BrN2.C9H12BrN3.C5H6BrN3.C4H6O/c1-11(22)21-16-9-13(6-7-19-16)15-8-14(17(18)20-10-15)5-4-12-2-3-12;15-13-7-12(6-5-10-1-2-10)14(17-9-13)16-8-11-3-4-11;1-9(17)16-11-8-10(6-7-15-11)14-18-12(2,3)13(4,5)19-14;2*11-9-5-8(10(12)13-6-9)4-3-7-1-2-7;10-7-3-8(11)9(13-5-7)12-4-6-1-2-6;6-3-1-4(7)5(8)9-2-3;5-3-4-1-2-4/h6-10,12H,2-5H2,1H3,(H2,18,20)(H,19,21,22);7,9-11H,1-6,8H2,(H,16,17);6-8H,1-5H3,(H,15,16,17);2*5-7H,1-4H2,(H2,12,13);3,5-6H,1-2,4,11H2,(H,12,13);1-2H,7H2,(H2,8,9);3-4H,1-2H2. The lowest BCUT2D eigenvalue weighted by Crippen LogP contribution is -2.41. The Morgan fingerprint density at radius 1 is 0.432 bits per heavy atom. The van der Waals surface area contributed by atoms with Crippen molar-refractivity contribution in [3.63, 3.8) is 0 Å². The number of nitrogens with zero attached hydrogens (tertiary/aromatic N) is 8. The third kappa shape index (κ3) is 32.5. The SMILES string of the molecule is Brc1cnc(NCC2CC2)c(CCC2CC2)c1.CC(=O)Nc1cc(-c2cnc(N)c(CCC3CC3)c2)ccn1.CC(=O)Nc1cc(B2OC(C)(C)C(C)(C)O2)ccn1.Nc1cc(Br)cnc1N.Nc1cc(Br)cnc1NCC1CC1.Nc1ncc(Br)cc1CCC1CC1.Nc1ncc(Br)cc1CCC1CC1.O=CC1CC1. The van der Waals surface area contributed by atoms with Crippen LogP contribution in [0.1, 0.15) is 179 Å². The Hall–Kier alpha value is -7.41. The molecule has 0 bridgehead atoms. The number of amides is 2. The second-order valence-corrected chi connectivity index (χ2v) is 35.5. The molecule has 7 saturated carbocycles. The normalized spacial score (nSPS) is 16.6. The van der Waals surface area contributed by atoms with Gasteiger partial charge in [-0.3, -0.25) is 9.59 Å². The van der Waals surface area contributed by atoms with Crippen LogP contribution in [0.3, 0.4) is 0 Å². The highest BCUT2D eigenvalue weighted by Gasteiger charge is 2.52. The fourth-order valence-electron chi connectivity index (χ4n) is 11.3. The van der Waals surface area contributed by atoms with Gasteiger partial charge in [0, 0.05) is 110 Å². The molecular formula is C82H108BBr5N18O5. The highest BCUT2D eigenvalue weighted by atomic mass is 79.9. The molecule has 1 saturated heterocycles. The second-order valence-electron chi connectivity index (χ2n) is 30.9. The van der Waals surface area contributed by atoms with Crippen molar-refractivity contribution in [1.29, 1.82) is 0 Å². The summed E-state index contributed by atoms with van der Waals surface area (Å²) < 4.78 is 16.8. The fraction of sp³-hybridized carbons (Fsp3) is 0.476. The molecular weight excluding hydrogens is 1730 g/mol. The highest BCUT2D eigenvalue weighted by Crippen LogP contribution is 2.40. The lowest BCUT2D eigenvalue weighted by molar-refractivity contribution is -0.115. The first-order valence-corrected chi connectivity index (χ1v) is 42.5. The maximum atomic E-state index is 11.1. The number of anilines is 10. The molecule has 16 rings (SSSR count). The third-order valence-electron chi connectivity index (χ3n) is 20.1. The minimum Gasteiger partial charge on any atom is -0.399 e. The number of carbonyl (C=O) groups excluding carboxylic acids is 3.